The van der Waals surface area contributed by atoms with Gasteiger partial charge in [0.05, 0.1) is 35.7 Å². The summed E-state index contributed by atoms with van der Waals surface area (Å²) < 4.78 is 25.6. The van der Waals surface area contributed by atoms with Crippen molar-refractivity contribution in [2.45, 2.75) is 118 Å². The smallest absolute Gasteiger partial charge is 0.308 e. The minimum atomic E-state index is -0.356. The Balaban J connectivity index is 1.79. The van der Waals surface area contributed by atoms with Crippen molar-refractivity contribution in [1.82, 2.24) is 15.0 Å². The highest BCUT2D eigenvalue weighted by molar-refractivity contribution is 6.08. The van der Waals surface area contributed by atoms with Crippen molar-refractivity contribution in [3.8, 4) is 11.5 Å². The molecule has 0 aliphatic rings. The van der Waals surface area contributed by atoms with Crippen molar-refractivity contribution in [2.24, 2.45) is 0 Å². The van der Waals surface area contributed by atoms with E-state index in [4.69, 9.17) is 18.9 Å². The van der Waals surface area contributed by atoms with Gasteiger partial charge in [-0.2, -0.15) is 0 Å². The zero-order valence-corrected chi connectivity index (χ0v) is 25.3. The Labute approximate surface area is 230 Å². The maximum Gasteiger partial charge on any atom is 0.308 e. The fraction of sp³-hybridized carbons (Fsp3) is 0.690. The average Bonchev–Trinajstić information content (AvgIpc) is 3.23. The molecule has 1 heterocycles. The summed E-state index contributed by atoms with van der Waals surface area (Å²) in [6.07, 6.45) is 6.04. The maximum absolute atomic E-state index is 11.5. The van der Waals surface area contributed by atoms with Gasteiger partial charge >= 0.3 is 5.97 Å². The molecule has 0 spiro atoms. The number of rotatable bonds is 15. The summed E-state index contributed by atoms with van der Waals surface area (Å²) in [5.74, 6) is 0.748. The number of nitrogens with zero attached hydrogens (tertiary/aromatic N) is 3. The quantitative estimate of drug-likeness (QED) is 0.141. The first kappa shape index (κ1) is 31.8. The highest BCUT2D eigenvalue weighted by Gasteiger charge is 2.27. The van der Waals surface area contributed by atoms with Crippen molar-refractivity contribution in [3.63, 3.8) is 0 Å². The minimum Gasteiger partial charge on any atom is -0.490 e. The molecule has 2 rings (SSSR count). The summed E-state index contributed by atoms with van der Waals surface area (Å²) in [5, 5.41) is 8.61. The zero-order valence-electron chi connectivity index (χ0n) is 25.3. The molecule has 0 saturated heterocycles. The van der Waals surface area contributed by atoms with Crippen LogP contribution in [0.4, 0.5) is 0 Å². The SMILES string of the molecule is BCc1cc(C)c(OC(C)=O)c(OCCCc2cn(CCC(C)(C)OCCC(C)(C)OC(C)(C)C)nn2)c1. The summed E-state index contributed by atoms with van der Waals surface area (Å²) in [4.78, 5) is 11.5. The Morgan fingerprint density at radius 3 is 2.37 bits per heavy atom. The van der Waals surface area contributed by atoms with Gasteiger partial charge in [0.2, 0.25) is 0 Å². The third-order valence-corrected chi connectivity index (χ3v) is 6.10. The van der Waals surface area contributed by atoms with E-state index >= 15 is 0 Å². The molecule has 8 nitrogen and oxygen atoms in total. The number of carbonyl (C=O) groups excluding carboxylic acids is 1. The number of carbonyl (C=O) groups is 1. The molecule has 0 radical (unpaired) electrons. The summed E-state index contributed by atoms with van der Waals surface area (Å²) in [6.45, 7) is 19.9. The maximum atomic E-state index is 11.5. The third-order valence-electron chi connectivity index (χ3n) is 6.10. The van der Waals surface area contributed by atoms with Crippen molar-refractivity contribution in [2.75, 3.05) is 13.2 Å². The minimum absolute atomic E-state index is 0.179. The van der Waals surface area contributed by atoms with Gasteiger partial charge in [-0.3, -0.25) is 9.48 Å². The van der Waals surface area contributed by atoms with Gasteiger partial charge in [-0.1, -0.05) is 23.2 Å². The number of aromatic nitrogens is 3. The fourth-order valence-corrected chi connectivity index (χ4v) is 4.31. The lowest BCUT2D eigenvalue weighted by molar-refractivity contribution is -0.133. The monoisotopic (exact) mass is 529 g/mol. The molecule has 9 heteroatoms. The summed E-state index contributed by atoms with van der Waals surface area (Å²) in [7, 11) is 2.09. The summed E-state index contributed by atoms with van der Waals surface area (Å²) in [6, 6.07) is 3.97. The molecule has 0 aliphatic carbocycles. The Kier molecular flexibility index (Phi) is 11.4. The van der Waals surface area contributed by atoms with E-state index in [9.17, 15) is 4.79 Å². The van der Waals surface area contributed by atoms with Gasteiger partial charge < -0.3 is 18.9 Å². The average molecular weight is 530 g/mol. The molecule has 0 amide bonds. The van der Waals surface area contributed by atoms with E-state index in [0.29, 0.717) is 24.7 Å². The zero-order chi connectivity index (χ0) is 28.6. The molecule has 0 fully saturated rings. The number of esters is 1. The Morgan fingerprint density at radius 2 is 1.74 bits per heavy atom. The van der Waals surface area contributed by atoms with E-state index in [2.05, 4.69) is 66.6 Å². The summed E-state index contributed by atoms with van der Waals surface area (Å²) in [5.41, 5.74) is 2.27. The van der Waals surface area contributed by atoms with Gasteiger partial charge in [-0.05, 0) is 92.7 Å². The first-order valence-electron chi connectivity index (χ1n) is 13.8. The van der Waals surface area contributed by atoms with Gasteiger partial charge in [0.1, 0.15) is 7.85 Å². The van der Waals surface area contributed by atoms with Crippen LogP contribution in [0.5, 0.6) is 11.5 Å². The van der Waals surface area contributed by atoms with Crippen LogP contribution >= 0.6 is 0 Å². The lowest BCUT2D eigenvalue weighted by Gasteiger charge is -2.35. The molecule has 0 N–H and O–H groups in total. The molecular formula is C29H48BN3O5. The van der Waals surface area contributed by atoms with Gasteiger partial charge in [-0.15, -0.1) is 5.10 Å². The molecule has 1 aromatic heterocycles. The fourth-order valence-electron chi connectivity index (χ4n) is 4.31. The van der Waals surface area contributed by atoms with E-state index in [1.807, 2.05) is 29.9 Å². The molecular weight excluding hydrogens is 481 g/mol. The molecule has 0 unspecified atom stereocenters. The molecule has 0 saturated carbocycles. The first-order valence-corrected chi connectivity index (χ1v) is 13.8. The lowest BCUT2D eigenvalue weighted by atomic mass is 9.95. The van der Waals surface area contributed by atoms with E-state index in [1.54, 1.807) is 0 Å². The van der Waals surface area contributed by atoms with Gasteiger partial charge in [0, 0.05) is 19.7 Å². The van der Waals surface area contributed by atoms with Gasteiger partial charge in [0.25, 0.3) is 0 Å². The first-order chi connectivity index (χ1) is 17.6. The molecule has 2 aromatic rings. The van der Waals surface area contributed by atoms with Crippen molar-refractivity contribution < 1.29 is 23.7 Å². The van der Waals surface area contributed by atoms with E-state index < -0.39 is 0 Å². The van der Waals surface area contributed by atoms with Crippen LogP contribution in [0.15, 0.2) is 18.3 Å². The van der Waals surface area contributed by atoms with Crippen molar-refractivity contribution in [3.05, 3.63) is 35.2 Å². The second-order valence-corrected chi connectivity index (χ2v) is 12.2. The highest BCUT2D eigenvalue weighted by Crippen LogP contribution is 2.33. The number of ether oxygens (including phenoxy) is 4. The van der Waals surface area contributed by atoms with Crippen molar-refractivity contribution in [1.29, 1.82) is 0 Å². The summed E-state index contributed by atoms with van der Waals surface area (Å²) >= 11 is 0. The topological polar surface area (TPSA) is 84.7 Å². The number of hydrogen-bond acceptors (Lipinski definition) is 7. The largest absolute Gasteiger partial charge is 0.490 e. The van der Waals surface area contributed by atoms with Gasteiger partial charge in [-0.25, -0.2) is 0 Å². The molecule has 212 valence electrons. The highest BCUT2D eigenvalue weighted by atomic mass is 16.6. The number of aryl methyl sites for hydroxylation is 3. The second kappa shape index (κ2) is 13.6. The molecule has 0 atom stereocenters. The van der Waals surface area contributed by atoms with Crippen LogP contribution in [0.25, 0.3) is 0 Å². The molecule has 1 aromatic carbocycles. The van der Waals surface area contributed by atoms with Crippen LogP contribution in [-0.2, 0) is 33.6 Å². The predicted octanol–water partition coefficient (Wildman–Crippen LogP) is 4.83. The van der Waals surface area contributed by atoms with Gasteiger partial charge in [0.15, 0.2) is 11.5 Å². The van der Waals surface area contributed by atoms with Crippen LogP contribution in [0, 0.1) is 6.92 Å². The number of hydrogen-bond donors (Lipinski definition) is 0. The van der Waals surface area contributed by atoms with Crippen LogP contribution in [0.2, 0.25) is 0 Å². The van der Waals surface area contributed by atoms with Crippen LogP contribution in [-0.4, -0.2) is 58.8 Å². The van der Waals surface area contributed by atoms with Crippen LogP contribution in [0.1, 0.15) is 91.5 Å². The van der Waals surface area contributed by atoms with Crippen molar-refractivity contribution >= 4 is 13.8 Å². The van der Waals surface area contributed by atoms with Crippen LogP contribution < -0.4 is 9.47 Å². The normalized spacial score (nSPS) is 12.6. The van der Waals surface area contributed by atoms with Crippen LogP contribution in [0.3, 0.4) is 0 Å². The Morgan fingerprint density at radius 1 is 1.03 bits per heavy atom. The molecule has 38 heavy (non-hydrogen) atoms. The van der Waals surface area contributed by atoms with E-state index in [0.717, 1.165) is 55.4 Å². The second-order valence-electron chi connectivity index (χ2n) is 12.2. The lowest BCUT2D eigenvalue weighted by Crippen LogP contribution is -2.37. The van der Waals surface area contributed by atoms with E-state index in [-0.39, 0.29) is 22.8 Å². The van der Waals surface area contributed by atoms with E-state index in [1.165, 1.54) is 6.92 Å². The standard InChI is InChI=1S/C29H48BN3O5/c1-21-17-23(19-30)18-25(26(21)37-22(2)34)35-15-10-11-24-20-33(32-31-24)14-12-28(6,7)36-16-13-29(8,9)38-27(3,4)5/h17-18,20H,10-16,19,30H2,1-9H3. The predicted molar refractivity (Wildman–Crippen MR) is 153 cm³/mol. The Bertz CT molecular complexity index is 1040. The number of benzene rings is 1. The Hall–Kier alpha value is -2.39. The molecule has 0 aliphatic heterocycles. The molecule has 0 bridgehead atoms. The third kappa shape index (κ3) is 11.6.